The van der Waals surface area contributed by atoms with E-state index in [1.54, 1.807) is 14.0 Å². The second-order valence-electron chi connectivity index (χ2n) is 7.53. The topological polar surface area (TPSA) is 102 Å². The highest BCUT2D eigenvalue weighted by Gasteiger charge is 2.55. The lowest BCUT2D eigenvalue weighted by molar-refractivity contribution is -0.143. The van der Waals surface area contributed by atoms with E-state index in [4.69, 9.17) is 4.74 Å². The van der Waals surface area contributed by atoms with E-state index in [1.165, 1.54) is 4.80 Å². The van der Waals surface area contributed by atoms with Crippen LogP contribution >= 0.6 is 0 Å². The molecule has 1 aromatic heterocycles. The second-order valence-corrected chi connectivity index (χ2v) is 7.53. The van der Waals surface area contributed by atoms with Gasteiger partial charge in [0.25, 0.3) is 5.91 Å². The van der Waals surface area contributed by atoms with Crippen LogP contribution in [0.1, 0.15) is 31.5 Å². The molecule has 1 saturated heterocycles. The number of hydrogen-bond donors (Lipinski definition) is 1. The van der Waals surface area contributed by atoms with Gasteiger partial charge in [-0.3, -0.25) is 9.59 Å². The van der Waals surface area contributed by atoms with E-state index in [1.807, 2.05) is 4.90 Å². The van der Waals surface area contributed by atoms with Gasteiger partial charge in [0.1, 0.15) is 12.1 Å². The molecule has 1 aliphatic heterocycles. The number of nitrogens with one attached hydrogen (secondary N) is 1. The number of carbonyl (C=O) groups excluding carboxylic acids is 2. The van der Waals surface area contributed by atoms with Crippen LogP contribution in [0.2, 0.25) is 0 Å². The van der Waals surface area contributed by atoms with Gasteiger partial charge in [0, 0.05) is 26.2 Å². The van der Waals surface area contributed by atoms with Crippen molar-refractivity contribution < 1.29 is 14.3 Å². The molecule has 2 unspecified atom stereocenters. The summed E-state index contributed by atoms with van der Waals surface area (Å²) in [5.74, 6) is 1.55. The van der Waals surface area contributed by atoms with Crippen LogP contribution in [0.15, 0.2) is 0 Å². The number of likely N-dealkylation sites (tertiary alicyclic amines) is 1. The van der Waals surface area contributed by atoms with E-state index in [2.05, 4.69) is 20.7 Å². The van der Waals surface area contributed by atoms with Gasteiger partial charge < -0.3 is 15.0 Å². The molecular formula is C16H24N6O3. The average molecular weight is 348 g/mol. The molecule has 2 saturated carbocycles. The zero-order chi connectivity index (χ0) is 17.6. The zero-order valence-electron chi connectivity index (χ0n) is 14.6. The summed E-state index contributed by atoms with van der Waals surface area (Å²) in [4.78, 5) is 28.0. The van der Waals surface area contributed by atoms with E-state index in [-0.39, 0.29) is 24.4 Å². The lowest BCUT2D eigenvalue weighted by Gasteiger charge is -2.24. The van der Waals surface area contributed by atoms with Gasteiger partial charge in [-0.2, -0.15) is 4.80 Å². The molecule has 2 aliphatic carbocycles. The molecule has 9 nitrogen and oxygen atoms in total. The van der Waals surface area contributed by atoms with Crippen LogP contribution in [0.4, 0.5) is 0 Å². The van der Waals surface area contributed by atoms with Crippen molar-refractivity contribution in [2.24, 2.45) is 11.8 Å². The SMILES string of the molecule is COC1(C(=O)N2CC3CC(NC(=O)Cn4nnc(C)n4)CC3C2)CC1. The van der Waals surface area contributed by atoms with Crippen molar-refractivity contribution >= 4 is 11.8 Å². The molecule has 25 heavy (non-hydrogen) atoms. The number of rotatable bonds is 5. The Labute approximate surface area is 146 Å². The summed E-state index contributed by atoms with van der Waals surface area (Å²) in [5, 5.41) is 14.7. The standard InChI is InChI=1S/C16H24N6O3/c1-10-18-20-22(19-10)9-14(23)17-13-5-11-7-21(8-12(11)6-13)15(24)16(25-2)3-4-16/h11-13H,3-9H2,1-2H3,(H,17,23). The Balaban J connectivity index is 1.26. The lowest BCUT2D eigenvalue weighted by Crippen LogP contribution is -2.42. The summed E-state index contributed by atoms with van der Waals surface area (Å²) in [7, 11) is 1.62. The first-order valence-electron chi connectivity index (χ1n) is 8.87. The maximum absolute atomic E-state index is 12.6. The molecule has 1 N–H and O–H groups in total. The summed E-state index contributed by atoms with van der Waals surface area (Å²) in [6.07, 6.45) is 3.51. The van der Waals surface area contributed by atoms with Crippen LogP contribution in [0.25, 0.3) is 0 Å². The van der Waals surface area contributed by atoms with Crippen molar-refractivity contribution in [3.05, 3.63) is 5.82 Å². The number of tetrazole rings is 1. The summed E-state index contributed by atoms with van der Waals surface area (Å²) in [6, 6.07) is 0.168. The fourth-order valence-corrected chi connectivity index (χ4v) is 4.28. The number of aromatic nitrogens is 4. The van der Waals surface area contributed by atoms with Gasteiger partial charge in [0.05, 0.1) is 0 Å². The minimum atomic E-state index is -0.533. The highest BCUT2D eigenvalue weighted by atomic mass is 16.5. The Kier molecular flexibility index (Phi) is 3.98. The fraction of sp³-hybridized carbons (Fsp3) is 0.812. The molecule has 0 bridgehead atoms. The molecule has 136 valence electrons. The summed E-state index contributed by atoms with van der Waals surface area (Å²) >= 11 is 0. The third-order valence-electron chi connectivity index (χ3n) is 5.73. The van der Waals surface area contributed by atoms with Gasteiger partial charge in [0.2, 0.25) is 5.91 Å². The molecule has 0 radical (unpaired) electrons. The molecule has 2 heterocycles. The van der Waals surface area contributed by atoms with E-state index in [0.29, 0.717) is 17.7 Å². The van der Waals surface area contributed by atoms with Crippen molar-refractivity contribution in [1.29, 1.82) is 0 Å². The number of ether oxygens (including phenoxy) is 1. The van der Waals surface area contributed by atoms with Gasteiger partial charge in [0.15, 0.2) is 5.82 Å². The number of methoxy groups -OCH3 is 1. The zero-order valence-corrected chi connectivity index (χ0v) is 14.6. The van der Waals surface area contributed by atoms with E-state index < -0.39 is 5.60 Å². The number of hydrogen-bond acceptors (Lipinski definition) is 6. The molecule has 0 spiro atoms. The largest absolute Gasteiger partial charge is 0.368 e. The van der Waals surface area contributed by atoms with Crippen molar-refractivity contribution in [1.82, 2.24) is 30.4 Å². The highest BCUT2D eigenvalue weighted by Crippen LogP contribution is 2.44. The van der Waals surface area contributed by atoms with E-state index in [0.717, 1.165) is 38.8 Å². The predicted molar refractivity (Wildman–Crippen MR) is 86.3 cm³/mol. The number of aryl methyl sites for hydroxylation is 1. The molecule has 9 heteroatoms. The first kappa shape index (κ1) is 16.4. The molecule has 2 atom stereocenters. The summed E-state index contributed by atoms with van der Waals surface area (Å²) in [6.45, 7) is 3.39. The van der Waals surface area contributed by atoms with Gasteiger partial charge in [-0.25, -0.2) is 0 Å². The van der Waals surface area contributed by atoms with Crippen LogP contribution in [-0.4, -0.2) is 68.8 Å². The van der Waals surface area contributed by atoms with Crippen LogP contribution in [0, 0.1) is 18.8 Å². The van der Waals surface area contributed by atoms with Crippen molar-refractivity contribution in [2.75, 3.05) is 20.2 Å². The Morgan fingerprint density at radius 3 is 2.48 bits per heavy atom. The maximum Gasteiger partial charge on any atom is 0.254 e. The molecule has 4 rings (SSSR count). The van der Waals surface area contributed by atoms with Gasteiger partial charge >= 0.3 is 0 Å². The first-order chi connectivity index (χ1) is 12.0. The molecule has 3 fully saturated rings. The molecular weight excluding hydrogens is 324 g/mol. The molecule has 1 aromatic rings. The monoisotopic (exact) mass is 348 g/mol. The summed E-state index contributed by atoms with van der Waals surface area (Å²) < 4.78 is 5.41. The van der Waals surface area contributed by atoms with Crippen LogP contribution in [-0.2, 0) is 20.9 Å². The smallest absolute Gasteiger partial charge is 0.254 e. The average Bonchev–Trinajstić information content (AvgIpc) is 2.91. The number of fused-ring (bicyclic) bond motifs is 1. The number of amides is 2. The Bertz CT molecular complexity index is 671. The normalized spacial score (nSPS) is 29.5. The van der Waals surface area contributed by atoms with Crippen LogP contribution in [0.3, 0.4) is 0 Å². The third kappa shape index (κ3) is 3.12. The van der Waals surface area contributed by atoms with Crippen LogP contribution in [0.5, 0.6) is 0 Å². The molecule has 3 aliphatic rings. The highest BCUT2D eigenvalue weighted by molar-refractivity contribution is 5.88. The van der Waals surface area contributed by atoms with Gasteiger partial charge in [-0.15, -0.1) is 10.2 Å². The second kappa shape index (κ2) is 6.05. The van der Waals surface area contributed by atoms with E-state index >= 15 is 0 Å². The maximum atomic E-state index is 12.6. The van der Waals surface area contributed by atoms with Crippen molar-refractivity contribution in [3.8, 4) is 0 Å². The van der Waals surface area contributed by atoms with Crippen molar-refractivity contribution in [2.45, 2.75) is 50.8 Å². The van der Waals surface area contributed by atoms with Crippen molar-refractivity contribution in [3.63, 3.8) is 0 Å². The number of nitrogens with zero attached hydrogens (tertiary/aromatic N) is 5. The van der Waals surface area contributed by atoms with Gasteiger partial charge in [-0.1, -0.05) is 0 Å². The fourth-order valence-electron chi connectivity index (χ4n) is 4.28. The quantitative estimate of drug-likeness (QED) is 0.771. The minimum absolute atomic E-state index is 0.0909. The lowest BCUT2D eigenvalue weighted by atomic mass is 10.0. The van der Waals surface area contributed by atoms with Gasteiger partial charge in [-0.05, 0) is 49.7 Å². The Morgan fingerprint density at radius 2 is 1.96 bits per heavy atom. The van der Waals surface area contributed by atoms with E-state index in [9.17, 15) is 9.59 Å². The number of carbonyl (C=O) groups is 2. The molecule has 0 aromatic carbocycles. The predicted octanol–water partition coefficient (Wildman–Crippen LogP) is -0.486. The Hall–Kier alpha value is -2.03. The Morgan fingerprint density at radius 1 is 1.28 bits per heavy atom. The molecule has 2 amide bonds. The first-order valence-corrected chi connectivity index (χ1v) is 8.87. The van der Waals surface area contributed by atoms with Crippen LogP contribution < -0.4 is 5.32 Å². The minimum Gasteiger partial charge on any atom is -0.368 e. The summed E-state index contributed by atoms with van der Waals surface area (Å²) in [5.41, 5.74) is -0.533. The third-order valence-corrected chi connectivity index (χ3v) is 5.73.